The number of aliphatic hydroxyl groups excluding tert-OH is 1. The number of esters is 2. The predicted molar refractivity (Wildman–Crippen MR) is 89.9 cm³/mol. The van der Waals surface area contributed by atoms with Crippen molar-refractivity contribution in [3.8, 4) is 0 Å². The molecule has 134 valence electrons. The van der Waals surface area contributed by atoms with Crippen LogP contribution in [0.25, 0.3) is 0 Å². The number of rotatable bonds is 12. The summed E-state index contributed by atoms with van der Waals surface area (Å²) < 4.78 is 10.6. The second-order valence-corrected chi connectivity index (χ2v) is 5.85. The van der Waals surface area contributed by atoms with E-state index >= 15 is 0 Å². The number of hydrogen-bond acceptors (Lipinski definition) is 5. The minimum Gasteiger partial charge on any atom is -0.462 e. The van der Waals surface area contributed by atoms with Crippen molar-refractivity contribution in [1.82, 2.24) is 0 Å². The summed E-state index contributed by atoms with van der Waals surface area (Å²) in [5, 5.41) is 8.76. The molecule has 0 rings (SSSR count). The zero-order chi connectivity index (χ0) is 17.7. The van der Waals surface area contributed by atoms with E-state index in [1.54, 1.807) is 0 Å². The number of unbranched alkanes of at least 4 members (excludes halogenated alkanes) is 3. The molecule has 1 N–H and O–H groups in total. The monoisotopic (exact) mass is 328 g/mol. The Balaban J connectivity index is 4.46. The quantitative estimate of drug-likeness (QED) is 0.337. The fraction of sp³-hybridized carbons (Fsp3) is 0.778. The average Bonchev–Trinajstić information content (AvgIpc) is 2.48. The van der Waals surface area contributed by atoms with Gasteiger partial charge in [0.1, 0.15) is 12.2 Å². The number of carbonyl (C=O) groups is 2. The van der Waals surface area contributed by atoms with E-state index in [9.17, 15) is 9.59 Å². The lowest BCUT2D eigenvalue weighted by Crippen LogP contribution is -2.19. The summed E-state index contributed by atoms with van der Waals surface area (Å²) in [6.45, 7) is 6.95. The molecule has 2 atom stereocenters. The number of carbonyl (C=O) groups excluding carboxylic acids is 2. The van der Waals surface area contributed by atoms with Gasteiger partial charge in [0.15, 0.2) is 0 Å². The van der Waals surface area contributed by atoms with Crippen LogP contribution >= 0.6 is 0 Å². The van der Waals surface area contributed by atoms with Gasteiger partial charge in [0.05, 0.1) is 0 Å². The topological polar surface area (TPSA) is 72.8 Å². The molecule has 0 aliphatic rings. The van der Waals surface area contributed by atoms with Gasteiger partial charge in [-0.1, -0.05) is 25.8 Å². The molecule has 0 aromatic heterocycles. The van der Waals surface area contributed by atoms with E-state index in [2.05, 4.69) is 0 Å². The van der Waals surface area contributed by atoms with Crippen LogP contribution in [0.5, 0.6) is 0 Å². The first-order valence-corrected chi connectivity index (χ1v) is 8.52. The van der Waals surface area contributed by atoms with E-state index < -0.39 is 0 Å². The van der Waals surface area contributed by atoms with Gasteiger partial charge in [-0.3, -0.25) is 9.59 Å². The van der Waals surface area contributed by atoms with Gasteiger partial charge in [0.2, 0.25) is 0 Å². The first-order chi connectivity index (χ1) is 10.9. The number of ether oxygens (including phenoxy) is 2. The van der Waals surface area contributed by atoms with Crippen LogP contribution in [-0.4, -0.2) is 35.9 Å². The maximum absolute atomic E-state index is 11.2. The van der Waals surface area contributed by atoms with Crippen molar-refractivity contribution < 1.29 is 24.2 Å². The maximum atomic E-state index is 11.2. The van der Waals surface area contributed by atoms with Crippen LogP contribution in [0.15, 0.2) is 11.6 Å². The molecule has 0 radical (unpaired) electrons. The van der Waals surface area contributed by atoms with Gasteiger partial charge in [-0.05, 0) is 38.2 Å². The van der Waals surface area contributed by atoms with Gasteiger partial charge < -0.3 is 14.6 Å². The second-order valence-electron chi connectivity index (χ2n) is 5.85. The highest BCUT2D eigenvalue weighted by Crippen LogP contribution is 2.16. The highest BCUT2D eigenvalue weighted by molar-refractivity contribution is 5.66. The Bertz CT molecular complexity index is 376. The molecule has 0 saturated carbocycles. The Morgan fingerprint density at radius 2 is 1.61 bits per heavy atom. The Hall–Kier alpha value is -1.36. The zero-order valence-electron chi connectivity index (χ0n) is 15.0. The van der Waals surface area contributed by atoms with Crippen LogP contribution in [0, 0.1) is 0 Å². The lowest BCUT2D eigenvalue weighted by molar-refractivity contribution is -0.146. The third-order valence-corrected chi connectivity index (χ3v) is 3.66. The largest absolute Gasteiger partial charge is 0.462 e. The Morgan fingerprint density at radius 1 is 1.00 bits per heavy atom. The van der Waals surface area contributed by atoms with Crippen molar-refractivity contribution >= 4 is 11.9 Å². The molecule has 0 heterocycles. The van der Waals surface area contributed by atoms with Crippen molar-refractivity contribution in [2.24, 2.45) is 0 Å². The van der Waals surface area contributed by atoms with Crippen molar-refractivity contribution in [2.75, 3.05) is 6.61 Å². The molecule has 23 heavy (non-hydrogen) atoms. The fourth-order valence-corrected chi connectivity index (χ4v) is 2.44. The van der Waals surface area contributed by atoms with E-state index in [0.717, 1.165) is 44.1 Å². The minimum absolute atomic E-state index is 0.147. The first-order valence-electron chi connectivity index (χ1n) is 8.52. The molecule has 5 heteroatoms. The molecule has 5 nitrogen and oxygen atoms in total. The summed E-state index contributed by atoms with van der Waals surface area (Å²) in [5.41, 5.74) is 0.986. The molecule has 0 aliphatic heterocycles. The minimum atomic E-state index is -0.287. The summed E-state index contributed by atoms with van der Waals surface area (Å²) in [6, 6.07) is 0. The first kappa shape index (κ1) is 21.6. The van der Waals surface area contributed by atoms with Crippen molar-refractivity contribution in [2.45, 2.75) is 84.8 Å². The third kappa shape index (κ3) is 11.8. The third-order valence-electron chi connectivity index (χ3n) is 3.66. The van der Waals surface area contributed by atoms with Gasteiger partial charge >= 0.3 is 11.9 Å². The van der Waals surface area contributed by atoms with Crippen molar-refractivity contribution in [3.05, 3.63) is 11.6 Å². The normalized spacial score (nSPS) is 14.2. The Morgan fingerprint density at radius 3 is 2.13 bits per heavy atom. The van der Waals surface area contributed by atoms with Gasteiger partial charge in [-0.15, -0.1) is 0 Å². The number of hydrogen-bond donors (Lipinski definition) is 1. The molecule has 0 aromatic carbocycles. The molecular weight excluding hydrogens is 296 g/mol. The molecular formula is C18H32O5. The molecule has 0 saturated heterocycles. The van der Waals surface area contributed by atoms with Crippen LogP contribution in [0.2, 0.25) is 0 Å². The van der Waals surface area contributed by atoms with E-state index in [4.69, 9.17) is 14.6 Å². The zero-order valence-corrected chi connectivity index (χ0v) is 15.0. The predicted octanol–water partition coefficient (Wildman–Crippen LogP) is 3.54. The molecule has 0 spiro atoms. The summed E-state index contributed by atoms with van der Waals surface area (Å²) in [7, 11) is 0. The lowest BCUT2D eigenvalue weighted by Gasteiger charge is -2.18. The van der Waals surface area contributed by atoms with Gasteiger partial charge in [0.25, 0.3) is 0 Å². The van der Waals surface area contributed by atoms with E-state index in [1.807, 2.05) is 19.9 Å². The van der Waals surface area contributed by atoms with Crippen LogP contribution in [0.1, 0.15) is 72.6 Å². The van der Waals surface area contributed by atoms with Crippen molar-refractivity contribution in [3.63, 3.8) is 0 Å². The van der Waals surface area contributed by atoms with Gasteiger partial charge in [-0.25, -0.2) is 0 Å². The number of aliphatic hydroxyl groups is 1. The SMILES string of the molecule is CCC(OC(C)=O)/C(C)=C/CC(CCCCCCO)OC(C)=O. The smallest absolute Gasteiger partial charge is 0.303 e. The molecule has 0 amide bonds. The van der Waals surface area contributed by atoms with E-state index in [0.29, 0.717) is 6.42 Å². The highest BCUT2D eigenvalue weighted by Gasteiger charge is 2.14. The summed E-state index contributed by atoms with van der Waals surface area (Å²) >= 11 is 0. The Labute approximate surface area is 140 Å². The van der Waals surface area contributed by atoms with Crippen LogP contribution in [-0.2, 0) is 19.1 Å². The Kier molecular flexibility index (Phi) is 12.3. The molecule has 0 bridgehead atoms. The fourth-order valence-electron chi connectivity index (χ4n) is 2.44. The molecule has 0 aromatic rings. The standard InChI is InChI=1S/C18H32O5/c1-5-18(23-16(4)21)14(2)11-12-17(22-15(3)20)10-8-6-7-9-13-19/h11,17-19H,5-10,12-13H2,1-4H3/b14-11+. The average molecular weight is 328 g/mol. The maximum Gasteiger partial charge on any atom is 0.303 e. The van der Waals surface area contributed by atoms with Crippen molar-refractivity contribution in [1.29, 1.82) is 0 Å². The van der Waals surface area contributed by atoms with Gasteiger partial charge in [-0.2, -0.15) is 0 Å². The molecule has 2 unspecified atom stereocenters. The van der Waals surface area contributed by atoms with Gasteiger partial charge in [0, 0.05) is 26.9 Å². The summed E-state index contributed by atoms with van der Waals surface area (Å²) in [5.74, 6) is -0.562. The molecule has 0 fully saturated rings. The van der Waals surface area contributed by atoms with Crippen LogP contribution in [0.4, 0.5) is 0 Å². The summed E-state index contributed by atoms with van der Waals surface area (Å²) in [6.07, 6.45) is 7.59. The van der Waals surface area contributed by atoms with E-state index in [-0.39, 0.29) is 30.8 Å². The summed E-state index contributed by atoms with van der Waals surface area (Å²) in [4.78, 5) is 22.3. The molecule has 0 aliphatic carbocycles. The highest BCUT2D eigenvalue weighted by atomic mass is 16.5. The lowest BCUT2D eigenvalue weighted by atomic mass is 10.0. The van der Waals surface area contributed by atoms with Crippen LogP contribution in [0.3, 0.4) is 0 Å². The van der Waals surface area contributed by atoms with E-state index in [1.165, 1.54) is 13.8 Å². The second kappa shape index (κ2) is 13.1. The van der Waals surface area contributed by atoms with Crippen LogP contribution < -0.4 is 0 Å².